The number of carbonyl (C=O) groups is 2. The van der Waals surface area contributed by atoms with Gasteiger partial charge in [-0.3, -0.25) is 9.59 Å². The number of carboxylic acids is 1. The zero-order valence-electron chi connectivity index (χ0n) is 11.4. The number of nitrogens with two attached hydrogens (primary N) is 1. The number of aryl methyl sites for hydroxylation is 1. The van der Waals surface area contributed by atoms with Crippen LogP contribution in [0.1, 0.15) is 31.8 Å². The molecule has 0 atom stereocenters. The van der Waals surface area contributed by atoms with Crippen LogP contribution in [0.3, 0.4) is 0 Å². The molecule has 0 aliphatic rings. The van der Waals surface area contributed by atoms with E-state index >= 15 is 0 Å². The van der Waals surface area contributed by atoms with E-state index in [2.05, 4.69) is 0 Å². The summed E-state index contributed by atoms with van der Waals surface area (Å²) in [7, 11) is 0. The number of rotatable bonds is 4. The Morgan fingerprint density at radius 3 is 2.57 bits per heavy atom. The minimum Gasteiger partial charge on any atom is -0.477 e. The number of primary amides is 1. The van der Waals surface area contributed by atoms with Crippen LogP contribution < -0.4 is 11.3 Å². The SMILES string of the molecule is Cc1cc(C(N)=O)ccc1Cn1cccc(C(=O)O)c1=O. The highest BCUT2D eigenvalue weighted by Crippen LogP contribution is 2.12. The molecule has 1 aromatic heterocycles. The molecule has 0 aliphatic carbocycles. The molecule has 2 rings (SSSR count). The third-order valence-corrected chi connectivity index (χ3v) is 3.22. The lowest BCUT2D eigenvalue weighted by Crippen LogP contribution is -2.26. The quantitative estimate of drug-likeness (QED) is 0.875. The van der Waals surface area contributed by atoms with Gasteiger partial charge in [-0.05, 0) is 42.3 Å². The molecule has 0 unspecified atom stereocenters. The van der Waals surface area contributed by atoms with Crippen LogP contribution in [-0.4, -0.2) is 21.6 Å². The second kappa shape index (κ2) is 5.62. The number of nitrogens with zero attached hydrogens (tertiary/aromatic N) is 1. The molecule has 108 valence electrons. The molecular formula is C15H14N2O4. The first kappa shape index (κ1) is 14.5. The summed E-state index contributed by atoms with van der Waals surface area (Å²) < 4.78 is 1.32. The maximum absolute atomic E-state index is 12.0. The van der Waals surface area contributed by atoms with Gasteiger partial charge in [0.15, 0.2) is 0 Å². The van der Waals surface area contributed by atoms with Gasteiger partial charge in [0.1, 0.15) is 5.56 Å². The maximum Gasteiger partial charge on any atom is 0.341 e. The molecule has 0 aliphatic heterocycles. The van der Waals surface area contributed by atoms with E-state index < -0.39 is 17.4 Å². The molecule has 0 spiro atoms. The van der Waals surface area contributed by atoms with Gasteiger partial charge >= 0.3 is 5.97 Å². The van der Waals surface area contributed by atoms with Crippen LogP contribution in [0.15, 0.2) is 41.3 Å². The van der Waals surface area contributed by atoms with E-state index in [-0.39, 0.29) is 12.1 Å². The van der Waals surface area contributed by atoms with Crippen LogP contribution in [0.5, 0.6) is 0 Å². The Morgan fingerprint density at radius 1 is 1.29 bits per heavy atom. The number of aromatic nitrogens is 1. The Morgan fingerprint density at radius 2 is 2.00 bits per heavy atom. The highest BCUT2D eigenvalue weighted by Gasteiger charge is 2.11. The lowest BCUT2D eigenvalue weighted by Gasteiger charge is -2.10. The zero-order valence-corrected chi connectivity index (χ0v) is 11.4. The van der Waals surface area contributed by atoms with Gasteiger partial charge in [-0.25, -0.2) is 4.79 Å². The van der Waals surface area contributed by atoms with Crippen molar-refractivity contribution < 1.29 is 14.7 Å². The fourth-order valence-electron chi connectivity index (χ4n) is 2.03. The first-order chi connectivity index (χ1) is 9.90. The number of pyridine rings is 1. The Kier molecular flexibility index (Phi) is 3.89. The molecule has 6 nitrogen and oxygen atoms in total. The smallest absolute Gasteiger partial charge is 0.341 e. The summed E-state index contributed by atoms with van der Waals surface area (Å²) in [5, 5.41) is 8.94. The van der Waals surface area contributed by atoms with Crippen LogP contribution in [-0.2, 0) is 6.54 Å². The van der Waals surface area contributed by atoms with Crippen LogP contribution in [0.4, 0.5) is 0 Å². The molecule has 21 heavy (non-hydrogen) atoms. The molecule has 2 aromatic rings. The summed E-state index contributed by atoms with van der Waals surface area (Å²) in [5.74, 6) is -1.77. The third kappa shape index (κ3) is 3.00. The van der Waals surface area contributed by atoms with Gasteiger partial charge in [0.25, 0.3) is 5.56 Å². The first-order valence-corrected chi connectivity index (χ1v) is 6.22. The van der Waals surface area contributed by atoms with Crippen LogP contribution in [0, 0.1) is 6.92 Å². The zero-order chi connectivity index (χ0) is 15.6. The van der Waals surface area contributed by atoms with Crippen molar-refractivity contribution in [3.63, 3.8) is 0 Å². The predicted molar refractivity (Wildman–Crippen MR) is 76.5 cm³/mol. The van der Waals surface area contributed by atoms with E-state index in [0.29, 0.717) is 5.56 Å². The molecule has 0 radical (unpaired) electrons. The molecule has 1 heterocycles. The predicted octanol–water partition coefficient (Wildman–Crippen LogP) is 1.00. The molecular weight excluding hydrogens is 272 g/mol. The molecule has 6 heteroatoms. The number of aromatic carboxylic acids is 1. The topological polar surface area (TPSA) is 102 Å². The van der Waals surface area contributed by atoms with Gasteiger partial charge < -0.3 is 15.4 Å². The monoisotopic (exact) mass is 286 g/mol. The van der Waals surface area contributed by atoms with Crippen molar-refractivity contribution in [1.29, 1.82) is 0 Å². The molecule has 1 aromatic carbocycles. The average molecular weight is 286 g/mol. The second-order valence-electron chi connectivity index (χ2n) is 4.67. The highest BCUT2D eigenvalue weighted by molar-refractivity contribution is 5.93. The van der Waals surface area contributed by atoms with Gasteiger partial charge in [-0.1, -0.05) is 6.07 Å². The fourth-order valence-corrected chi connectivity index (χ4v) is 2.03. The summed E-state index contributed by atoms with van der Waals surface area (Å²) >= 11 is 0. The molecule has 0 bridgehead atoms. The number of hydrogen-bond acceptors (Lipinski definition) is 3. The summed E-state index contributed by atoms with van der Waals surface area (Å²) in [6.07, 6.45) is 1.52. The van der Waals surface area contributed by atoms with Crippen molar-refractivity contribution in [3.05, 3.63) is 69.1 Å². The number of benzene rings is 1. The van der Waals surface area contributed by atoms with Crippen molar-refractivity contribution in [2.24, 2.45) is 5.73 Å². The molecule has 0 saturated heterocycles. The highest BCUT2D eigenvalue weighted by atomic mass is 16.4. The summed E-state index contributed by atoms with van der Waals surface area (Å²) in [5.41, 5.74) is 6.37. The standard InChI is InChI=1S/C15H14N2O4/c1-9-7-10(13(16)18)4-5-11(9)8-17-6-2-3-12(14(17)19)15(20)21/h2-7H,8H2,1H3,(H2,16,18)(H,20,21). The Balaban J connectivity index is 2.39. The lowest BCUT2D eigenvalue weighted by molar-refractivity contribution is 0.0694. The van der Waals surface area contributed by atoms with E-state index in [0.717, 1.165) is 11.1 Å². The fraction of sp³-hybridized carbons (Fsp3) is 0.133. The van der Waals surface area contributed by atoms with Gasteiger partial charge in [0.2, 0.25) is 5.91 Å². The Labute approximate surface area is 120 Å². The van der Waals surface area contributed by atoms with Gasteiger partial charge in [0.05, 0.1) is 6.54 Å². The maximum atomic E-state index is 12.0. The Bertz CT molecular complexity index is 777. The number of carboxylic acid groups (broad SMARTS) is 1. The third-order valence-electron chi connectivity index (χ3n) is 3.22. The second-order valence-corrected chi connectivity index (χ2v) is 4.67. The molecule has 1 amide bonds. The first-order valence-electron chi connectivity index (χ1n) is 6.22. The Hall–Kier alpha value is -2.89. The van der Waals surface area contributed by atoms with E-state index in [4.69, 9.17) is 10.8 Å². The van der Waals surface area contributed by atoms with E-state index in [1.165, 1.54) is 22.9 Å². The average Bonchev–Trinajstić information content (AvgIpc) is 2.42. The van der Waals surface area contributed by atoms with Gasteiger partial charge in [-0.15, -0.1) is 0 Å². The summed E-state index contributed by atoms with van der Waals surface area (Å²) in [6.45, 7) is 2.03. The normalized spacial score (nSPS) is 10.3. The van der Waals surface area contributed by atoms with Crippen molar-refractivity contribution in [3.8, 4) is 0 Å². The van der Waals surface area contributed by atoms with Gasteiger partial charge in [0, 0.05) is 11.8 Å². The van der Waals surface area contributed by atoms with Crippen molar-refractivity contribution in [1.82, 2.24) is 4.57 Å². The van der Waals surface area contributed by atoms with Crippen LogP contribution in [0.2, 0.25) is 0 Å². The van der Waals surface area contributed by atoms with Crippen molar-refractivity contribution in [2.75, 3.05) is 0 Å². The molecule has 0 fully saturated rings. The van der Waals surface area contributed by atoms with Crippen LogP contribution in [0.25, 0.3) is 0 Å². The number of hydrogen-bond donors (Lipinski definition) is 2. The van der Waals surface area contributed by atoms with Crippen molar-refractivity contribution >= 4 is 11.9 Å². The van der Waals surface area contributed by atoms with Gasteiger partial charge in [-0.2, -0.15) is 0 Å². The largest absolute Gasteiger partial charge is 0.477 e. The molecule has 0 saturated carbocycles. The minimum absolute atomic E-state index is 0.227. The lowest BCUT2D eigenvalue weighted by atomic mass is 10.0. The molecule has 3 N–H and O–H groups in total. The summed E-state index contributed by atoms with van der Waals surface area (Å²) in [4.78, 5) is 34.1. The van der Waals surface area contributed by atoms with Crippen molar-refractivity contribution in [2.45, 2.75) is 13.5 Å². The van der Waals surface area contributed by atoms with E-state index in [9.17, 15) is 14.4 Å². The van der Waals surface area contributed by atoms with Crippen LogP contribution >= 0.6 is 0 Å². The van der Waals surface area contributed by atoms with E-state index in [1.807, 2.05) is 0 Å². The minimum atomic E-state index is -1.25. The summed E-state index contributed by atoms with van der Waals surface area (Å²) in [6, 6.07) is 7.71. The van der Waals surface area contributed by atoms with E-state index in [1.54, 1.807) is 25.1 Å². The number of carbonyl (C=O) groups excluding carboxylic acids is 1. The number of amides is 1.